The number of rotatable bonds is 5. The fourth-order valence-corrected chi connectivity index (χ4v) is 3.16. The predicted octanol–water partition coefficient (Wildman–Crippen LogP) is 2.96. The molecule has 2 heterocycles. The molecule has 1 saturated heterocycles. The maximum absolute atomic E-state index is 12.5. The lowest BCUT2D eigenvalue weighted by molar-refractivity contribution is 0.0949. The van der Waals surface area contributed by atoms with Gasteiger partial charge in [0.1, 0.15) is 5.75 Å². The first-order valence-electron chi connectivity index (χ1n) is 9.07. The first-order valence-corrected chi connectivity index (χ1v) is 9.07. The Bertz CT molecular complexity index is 770. The van der Waals surface area contributed by atoms with Gasteiger partial charge < -0.3 is 15.0 Å². The molecule has 26 heavy (non-hydrogen) atoms. The molecule has 1 aliphatic rings. The van der Waals surface area contributed by atoms with Crippen molar-refractivity contribution in [2.45, 2.75) is 33.2 Å². The van der Waals surface area contributed by atoms with E-state index >= 15 is 0 Å². The number of methoxy groups -OCH3 is 1. The summed E-state index contributed by atoms with van der Waals surface area (Å²) in [6.45, 7) is 6.47. The maximum atomic E-state index is 12.5. The summed E-state index contributed by atoms with van der Waals surface area (Å²) in [5.74, 6) is 2.06. The Morgan fingerprint density at radius 3 is 2.73 bits per heavy atom. The first kappa shape index (κ1) is 18.2. The summed E-state index contributed by atoms with van der Waals surface area (Å²) in [5, 5.41) is 2.92. The van der Waals surface area contributed by atoms with Gasteiger partial charge in [0.05, 0.1) is 18.4 Å². The summed E-state index contributed by atoms with van der Waals surface area (Å²) in [6, 6.07) is 7.64. The number of hydrogen-bond acceptors (Lipinski definition) is 5. The molecule has 0 aliphatic carbocycles. The van der Waals surface area contributed by atoms with Crippen molar-refractivity contribution >= 4 is 11.9 Å². The van der Waals surface area contributed by atoms with Crippen LogP contribution in [0.1, 0.15) is 41.4 Å². The molecule has 6 heteroatoms. The summed E-state index contributed by atoms with van der Waals surface area (Å²) >= 11 is 0. The summed E-state index contributed by atoms with van der Waals surface area (Å²) in [6.07, 6.45) is 3.94. The molecule has 2 aromatic rings. The number of nitrogens with one attached hydrogen (secondary N) is 1. The van der Waals surface area contributed by atoms with Crippen LogP contribution in [0, 0.1) is 12.8 Å². The third-order valence-corrected chi connectivity index (χ3v) is 4.91. The van der Waals surface area contributed by atoms with Gasteiger partial charge in [-0.1, -0.05) is 25.1 Å². The van der Waals surface area contributed by atoms with Gasteiger partial charge in [-0.3, -0.25) is 4.79 Å². The topological polar surface area (TPSA) is 67.3 Å². The Morgan fingerprint density at radius 1 is 1.31 bits per heavy atom. The lowest BCUT2D eigenvalue weighted by Gasteiger charge is -2.30. The number of para-hydroxylation sites is 1. The van der Waals surface area contributed by atoms with Gasteiger partial charge in [0, 0.05) is 31.4 Å². The highest BCUT2D eigenvalue weighted by Gasteiger charge is 2.19. The number of piperidine rings is 1. The lowest BCUT2D eigenvalue weighted by atomic mass is 10.00. The van der Waals surface area contributed by atoms with Gasteiger partial charge in [0.15, 0.2) is 0 Å². The summed E-state index contributed by atoms with van der Waals surface area (Å²) < 4.78 is 5.32. The molecular weight excluding hydrogens is 328 g/mol. The van der Waals surface area contributed by atoms with Crippen molar-refractivity contribution in [1.82, 2.24) is 15.3 Å². The second kappa shape index (κ2) is 8.17. The zero-order chi connectivity index (χ0) is 18.5. The van der Waals surface area contributed by atoms with Gasteiger partial charge in [-0.05, 0) is 31.7 Å². The number of nitrogens with zero attached hydrogens (tertiary/aromatic N) is 3. The van der Waals surface area contributed by atoms with Crippen molar-refractivity contribution in [3.05, 3.63) is 47.3 Å². The fraction of sp³-hybridized carbons (Fsp3) is 0.450. The second-order valence-corrected chi connectivity index (χ2v) is 6.83. The van der Waals surface area contributed by atoms with Gasteiger partial charge in [-0.15, -0.1) is 0 Å². The van der Waals surface area contributed by atoms with Crippen LogP contribution in [0.5, 0.6) is 5.75 Å². The number of amides is 1. The minimum atomic E-state index is -0.174. The average molecular weight is 354 g/mol. The van der Waals surface area contributed by atoms with E-state index in [1.807, 2.05) is 31.2 Å². The molecule has 0 unspecified atom stereocenters. The van der Waals surface area contributed by atoms with E-state index in [-0.39, 0.29) is 5.91 Å². The zero-order valence-electron chi connectivity index (χ0n) is 15.7. The normalized spacial score (nSPS) is 15.0. The molecule has 1 aliphatic heterocycles. The number of carbonyl (C=O) groups excluding carboxylic acids is 1. The van der Waals surface area contributed by atoms with E-state index in [0.717, 1.165) is 49.1 Å². The van der Waals surface area contributed by atoms with Crippen molar-refractivity contribution in [2.24, 2.45) is 5.92 Å². The van der Waals surface area contributed by atoms with Gasteiger partial charge in [0.2, 0.25) is 5.95 Å². The fourth-order valence-electron chi connectivity index (χ4n) is 3.16. The van der Waals surface area contributed by atoms with Crippen LogP contribution < -0.4 is 15.0 Å². The monoisotopic (exact) mass is 354 g/mol. The van der Waals surface area contributed by atoms with Crippen LogP contribution >= 0.6 is 0 Å². The Labute approximate surface area is 154 Å². The number of aryl methyl sites for hydroxylation is 1. The van der Waals surface area contributed by atoms with Crippen LogP contribution in [-0.4, -0.2) is 36.1 Å². The van der Waals surface area contributed by atoms with E-state index in [4.69, 9.17) is 4.74 Å². The van der Waals surface area contributed by atoms with Gasteiger partial charge in [0.25, 0.3) is 5.91 Å². The van der Waals surface area contributed by atoms with E-state index in [0.29, 0.717) is 17.8 Å². The number of anilines is 1. The van der Waals surface area contributed by atoms with Crippen LogP contribution in [0.15, 0.2) is 30.5 Å². The SMILES string of the molecule is COc1ccccc1CNC(=O)c1cnc(N2CCC(C)CC2)nc1C. The second-order valence-electron chi connectivity index (χ2n) is 6.83. The number of benzene rings is 1. The quantitative estimate of drug-likeness (QED) is 0.894. The van der Waals surface area contributed by atoms with Crippen molar-refractivity contribution < 1.29 is 9.53 Å². The van der Waals surface area contributed by atoms with E-state index < -0.39 is 0 Å². The van der Waals surface area contributed by atoms with Gasteiger partial charge in [-0.25, -0.2) is 9.97 Å². The number of carbonyl (C=O) groups is 1. The van der Waals surface area contributed by atoms with Crippen molar-refractivity contribution in [2.75, 3.05) is 25.1 Å². The highest BCUT2D eigenvalue weighted by Crippen LogP contribution is 2.21. The average Bonchev–Trinajstić information content (AvgIpc) is 2.66. The van der Waals surface area contributed by atoms with Gasteiger partial charge >= 0.3 is 0 Å². The molecule has 1 amide bonds. The van der Waals surface area contributed by atoms with Crippen LogP contribution in [0.25, 0.3) is 0 Å². The van der Waals surface area contributed by atoms with E-state index in [1.54, 1.807) is 13.3 Å². The lowest BCUT2D eigenvalue weighted by Crippen LogP contribution is -2.34. The highest BCUT2D eigenvalue weighted by molar-refractivity contribution is 5.95. The van der Waals surface area contributed by atoms with E-state index in [2.05, 4.69) is 27.1 Å². The maximum Gasteiger partial charge on any atom is 0.254 e. The smallest absolute Gasteiger partial charge is 0.254 e. The van der Waals surface area contributed by atoms with Crippen molar-refractivity contribution in [3.63, 3.8) is 0 Å². The molecule has 0 spiro atoms. The van der Waals surface area contributed by atoms with Gasteiger partial charge in [-0.2, -0.15) is 0 Å². The van der Waals surface area contributed by atoms with Crippen LogP contribution in [0.4, 0.5) is 5.95 Å². The van der Waals surface area contributed by atoms with E-state index in [1.165, 1.54) is 0 Å². The Balaban J connectivity index is 1.66. The Hall–Kier alpha value is -2.63. The number of hydrogen-bond donors (Lipinski definition) is 1. The highest BCUT2D eigenvalue weighted by atomic mass is 16.5. The summed E-state index contributed by atoms with van der Waals surface area (Å²) in [4.78, 5) is 23.7. The predicted molar refractivity (Wildman–Crippen MR) is 102 cm³/mol. The molecule has 0 saturated carbocycles. The van der Waals surface area contributed by atoms with Crippen LogP contribution in [0.3, 0.4) is 0 Å². The number of aromatic nitrogens is 2. The van der Waals surface area contributed by atoms with Crippen molar-refractivity contribution in [3.8, 4) is 5.75 Å². The molecule has 0 radical (unpaired) electrons. The van der Waals surface area contributed by atoms with Crippen LogP contribution in [-0.2, 0) is 6.54 Å². The molecule has 3 rings (SSSR count). The number of ether oxygens (including phenoxy) is 1. The molecule has 1 aromatic heterocycles. The molecule has 0 bridgehead atoms. The Kier molecular flexibility index (Phi) is 5.71. The molecule has 1 fully saturated rings. The molecule has 1 aromatic carbocycles. The third-order valence-electron chi connectivity index (χ3n) is 4.91. The first-order chi connectivity index (χ1) is 12.6. The minimum Gasteiger partial charge on any atom is -0.496 e. The van der Waals surface area contributed by atoms with E-state index in [9.17, 15) is 4.79 Å². The van der Waals surface area contributed by atoms with Crippen molar-refractivity contribution in [1.29, 1.82) is 0 Å². The molecule has 138 valence electrons. The Morgan fingerprint density at radius 2 is 2.04 bits per heavy atom. The molecular formula is C20H26N4O2. The van der Waals surface area contributed by atoms with Crippen LogP contribution in [0.2, 0.25) is 0 Å². The third kappa shape index (κ3) is 4.12. The standard InChI is InChI=1S/C20H26N4O2/c1-14-8-10-24(11-9-14)20-22-13-17(15(2)23-20)19(25)21-12-16-6-4-5-7-18(16)26-3/h4-7,13-14H,8-12H2,1-3H3,(H,21,25). The largest absolute Gasteiger partial charge is 0.496 e. The molecule has 1 N–H and O–H groups in total. The summed E-state index contributed by atoms with van der Waals surface area (Å²) in [7, 11) is 1.62. The molecule has 0 atom stereocenters. The summed E-state index contributed by atoms with van der Waals surface area (Å²) in [5.41, 5.74) is 2.14. The zero-order valence-corrected chi connectivity index (χ0v) is 15.7. The molecule has 6 nitrogen and oxygen atoms in total. The minimum absolute atomic E-state index is 0.174.